The Labute approximate surface area is 183 Å². The lowest BCUT2D eigenvalue weighted by Crippen LogP contribution is -2.24. The van der Waals surface area contributed by atoms with Crippen molar-refractivity contribution in [3.8, 4) is 0 Å². The van der Waals surface area contributed by atoms with E-state index in [4.69, 9.17) is 0 Å². The molecule has 2 heterocycles. The van der Waals surface area contributed by atoms with E-state index in [1.54, 1.807) is 31.2 Å². The number of carbonyl (C=O) groups is 2. The summed E-state index contributed by atoms with van der Waals surface area (Å²) in [6.07, 6.45) is 4.33. The van der Waals surface area contributed by atoms with Gasteiger partial charge < -0.3 is 9.88 Å². The van der Waals surface area contributed by atoms with Crippen LogP contribution in [0.15, 0.2) is 71.9 Å². The second-order valence-corrected chi connectivity index (χ2v) is 7.62. The Balaban J connectivity index is 1.77. The van der Waals surface area contributed by atoms with E-state index >= 15 is 0 Å². The van der Waals surface area contributed by atoms with E-state index in [1.165, 1.54) is 41.4 Å². The van der Waals surface area contributed by atoms with Gasteiger partial charge in [0.1, 0.15) is 12.4 Å². The van der Waals surface area contributed by atoms with E-state index < -0.39 is 22.9 Å². The average Bonchev–Trinajstić information content (AvgIpc) is 2.78. The highest BCUT2D eigenvalue weighted by atomic mass is 19.1. The van der Waals surface area contributed by atoms with Gasteiger partial charge >= 0.3 is 0 Å². The van der Waals surface area contributed by atoms with Crippen molar-refractivity contribution in [3.05, 3.63) is 105 Å². The first-order valence-corrected chi connectivity index (χ1v) is 9.98. The number of hydrogen-bond acceptors (Lipinski definition) is 4. The largest absolute Gasteiger partial charge is 0.337 e. The standard InChI is InChI=1S/C25H20FN3O3/c1-15-4-6-22-18(11-15)25(32)19(24(31)17-7-9-27-10-8-17)13-29(22)14-23(30)28-21-12-16(2)3-5-20(21)26/h3-13H,14H2,1-2H3,(H,28,30). The molecule has 160 valence electrons. The van der Waals surface area contributed by atoms with Crippen molar-refractivity contribution < 1.29 is 14.0 Å². The summed E-state index contributed by atoms with van der Waals surface area (Å²) in [5.41, 5.74) is 2.09. The first-order valence-electron chi connectivity index (χ1n) is 9.98. The van der Waals surface area contributed by atoms with Gasteiger partial charge in [-0.05, 0) is 55.8 Å². The number of nitrogens with zero attached hydrogens (tertiary/aromatic N) is 2. The number of aromatic nitrogens is 2. The fourth-order valence-electron chi connectivity index (χ4n) is 3.54. The predicted molar refractivity (Wildman–Crippen MR) is 120 cm³/mol. The van der Waals surface area contributed by atoms with Crippen molar-refractivity contribution >= 4 is 28.3 Å². The highest BCUT2D eigenvalue weighted by Gasteiger charge is 2.18. The molecular weight excluding hydrogens is 409 g/mol. The first kappa shape index (κ1) is 21.1. The number of benzene rings is 2. The van der Waals surface area contributed by atoms with Crippen LogP contribution in [-0.4, -0.2) is 21.2 Å². The highest BCUT2D eigenvalue weighted by Crippen LogP contribution is 2.18. The van der Waals surface area contributed by atoms with Crippen LogP contribution in [0.1, 0.15) is 27.0 Å². The van der Waals surface area contributed by atoms with E-state index in [-0.39, 0.29) is 17.8 Å². The minimum atomic E-state index is -0.544. The van der Waals surface area contributed by atoms with Crippen molar-refractivity contribution in [2.75, 3.05) is 5.32 Å². The number of fused-ring (bicyclic) bond motifs is 1. The molecule has 2 aromatic carbocycles. The molecule has 0 aliphatic heterocycles. The number of amides is 1. The number of halogens is 1. The maximum Gasteiger partial charge on any atom is 0.244 e. The Bertz CT molecular complexity index is 1410. The van der Waals surface area contributed by atoms with Gasteiger partial charge in [0.2, 0.25) is 11.3 Å². The zero-order valence-corrected chi connectivity index (χ0v) is 17.6. The Morgan fingerprint density at radius 2 is 1.69 bits per heavy atom. The van der Waals surface area contributed by atoms with Gasteiger partial charge in [-0.25, -0.2) is 4.39 Å². The van der Waals surface area contributed by atoms with Crippen LogP contribution in [0.3, 0.4) is 0 Å². The summed E-state index contributed by atoms with van der Waals surface area (Å²) < 4.78 is 15.6. The third kappa shape index (κ3) is 4.18. The fraction of sp³-hybridized carbons (Fsp3) is 0.120. The molecule has 32 heavy (non-hydrogen) atoms. The molecule has 4 rings (SSSR count). The van der Waals surface area contributed by atoms with Gasteiger partial charge in [0.25, 0.3) is 0 Å². The molecule has 0 bridgehead atoms. The van der Waals surface area contributed by atoms with Crippen LogP contribution < -0.4 is 10.7 Å². The second kappa shape index (κ2) is 8.55. The van der Waals surface area contributed by atoms with Crippen molar-refractivity contribution in [2.45, 2.75) is 20.4 Å². The third-order valence-corrected chi connectivity index (χ3v) is 5.13. The molecule has 6 nitrogen and oxygen atoms in total. The number of carbonyl (C=O) groups excluding carboxylic acids is 2. The van der Waals surface area contributed by atoms with Gasteiger partial charge in [0.15, 0.2) is 5.78 Å². The summed E-state index contributed by atoms with van der Waals surface area (Å²) in [6, 6.07) is 12.7. The monoisotopic (exact) mass is 429 g/mol. The molecule has 0 fully saturated rings. The highest BCUT2D eigenvalue weighted by molar-refractivity contribution is 6.10. The van der Waals surface area contributed by atoms with Crippen molar-refractivity contribution in [3.63, 3.8) is 0 Å². The molecular formula is C25H20FN3O3. The summed E-state index contributed by atoms with van der Waals surface area (Å²) in [5.74, 6) is -1.49. The topological polar surface area (TPSA) is 81.1 Å². The maximum absolute atomic E-state index is 14.1. The molecule has 0 saturated carbocycles. The Kier molecular flexibility index (Phi) is 5.64. The van der Waals surface area contributed by atoms with Gasteiger partial charge in [0, 0.05) is 29.5 Å². The molecule has 1 amide bonds. The molecule has 0 saturated heterocycles. The lowest BCUT2D eigenvalue weighted by molar-refractivity contribution is -0.116. The van der Waals surface area contributed by atoms with Gasteiger partial charge in [-0.3, -0.25) is 19.4 Å². The number of aryl methyl sites for hydroxylation is 2. The van der Waals surface area contributed by atoms with Crippen LogP contribution in [0, 0.1) is 19.7 Å². The van der Waals surface area contributed by atoms with Crippen LogP contribution in [0.5, 0.6) is 0 Å². The molecule has 0 aliphatic rings. The summed E-state index contributed by atoms with van der Waals surface area (Å²) in [6.45, 7) is 3.43. The summed E-state index contributed by atoms with van der Waals surface area (Å²) >= 11 is 0. The third-order valence-electron chi connectivity index (χ3n) is 5.13. The van der Waals surface area contributed by atoms with Gasteiger partial charge in [0.05, 0.1) is 16.8 Å². The number of rotatable bonds is 5. The molecule has 0 spiro atoms. The minimum Gasteiger partial charge on any atom is -0.337 e. The van der Waals surface area contributed by atoms with Gasteiger partial charge in [-0.1, -0.05) is 17.7 Å². The smallest absolute Gasteiger partial charge is 0.244 e. The normalized spacial score (nSPS) is 10.8. The fourth-order valence-corrected chi connectivity index (χ4v) is 3.54. The van der Waals surface area contributed by atoms with Crippen molar-refractivity contribution in [1.29, 1.82) is 0 Å². The number of nitrogens with one attached hydrogen (secondary N) is 1. The summed E-state index contributed by atoms with van der Waals surface area (Å²) in [4.78, 5) is 42.7. The molecule has 1 N–H and O–H groups in total. The Morgan fingerprint density at radius 3 is 2.44 bits per heavy atom. The molecule has 0 unspecified atom stereocenters. The van der Waals surface area contributed by atoms with Gasteiger partial charge in [-0.2, -0.15) is 0 Å². The number of ketones is 1. The van der Waals surface area contributed by atoms with E-state index in [1.807, 2.05) is 13.0 Å². The van der Waals surface area contributed by atoms with E-state index in [2.05, 4.69) is 10.3 Å². The van der Waals surface area contributed by atoms with Crippen LogP contribution in [0.2, 0.25) is 0 Å². The van der Waals surface area contributed by atoms with Crippen LogP contribution >= 0.6 is 0 Å². The van der Waals surface area contributed by atoms with Gasteiger partial charge in [-0.15, -0.1) is 0 Å². The van der Waals surface area contributed by atoms with Crippen molar-refractivity contribution in [1.82, 2.24) is 9.55 Å². The quantitative estimate of drug-likeness (QED) is 0.486. The molecule has 0 radical (unpaired) electrons. The lowest BCUT2D eigenvalue weighted by Gasteiger charge is -2.14. The summed E-state index contributed by atoms with van der Waals surface area (Å²) in [5, 5.41) is 2.90. The van der Waals surface area contributed by atoms with Crippen LogP contribution in [-0.2, 0) is 11.3 Å². The molecule has 0 aliphatic carbocycles. The Morgan fingerprint density at radius 1 is 1.00 bits per heavy atom. The van der Waals surface area contributed by atoms with Crippen molar-refractivity contribution in [2.24, 2.45) is 0 Å². The van der Waals surface area contributed by atoms with Crippen LogP contribution in [0.25, 0.3) is 10.9 Å². The Hall–Kier alpha value is -4.13. The zero-order chi connectivity index (χ0) is 22.8. The zero-order valence-electron chi connectivity index (χ0n) is 17.6. The molecule has 7 heteroatoms. The van der Waals surface area contributed by atoms with E-state index in [0.717, 1.165) is 11.1 Å². The van der Waals surface area contributed by atoms with E-state index in [0.29, 0.717) is 16.5 Å². The molecule has 4 aromatic rings. The number of anilines is 1. The second-order valence-electron chi connectivity index (χ2n) is 7.62. The first-order chi connectivity index (χ1) is 15.3. The maximum atomic E-state index is 14.1. The van der Waals surface area contributed by atoms with Crippen LogP contribution in [0.4, 0.5) is 10.1 Å². The number of hydrogen-bond donors (Lipinski definition) is 1. The average molecular weight is 429 g/mol. The van der Waals surface area contributed by atoms with E-state index in [9.17, 15) is 18.8 Å². The summed E-state index contributed by atoms with van der Waals surface area (Å²) in [7, 11) is 0. The SMILES string of the molecule is Cc1ccc(F)c(NC(=O)Cn2cc(C(=O)c3ccncc3)c(=O)c3cc(C)ccc32)c1. The minimum absolute atomic E-state index is 0.0520. The predicted octanol–water partition coefficient (Wildman–Crippen LogP) is 4.02. The molecule has 0 atom stereocenters. The lowest BCUT2D eigenvalue weighted by atomic mass is 10.0. The number of pyridine rings is 2. The molecule has 2 aromatic heterocycles.